The van der Waals surface area contributed by atoms with Crippen molar-refractivity contribution in [1.82, 2.24) is 9.38 Å². The van der Waals surface area contributed by atoms with E-state index in [1.807, 2.05) is 18.3 Å². The Bertz CT molecular complexity index is 841. The number of nitrogens with one attached hydrogen (secondary N) is 1. The van der Waals surface area contributed by atoms with Crippen LogP contribution in [0.3, 0.4) is 0 Å². The van der Waals surface area contributed by atoms with Crippen LogP contribution < -0.4 is 5.32 Å². The summed E-state index contributed by atoms with van der Waals surface area (Å²) in [4.78, 5) is 5.99. The van der Waals surface area contributed by atoms with Crippen molar-refractivity contribution in [3.63, 3.8) is 0 Å². The second-order valence-electron chi connectivity index (χ2n) is 8.11. The van der Waals surface area contributed by atoms with E-state index in [0.717, 1.165) is 28.5 Å². The number of halogens is 1. The summed E-state index contributed by atoms with van der Waals surface area (Å²) in [5.74, 6) is 1.00. The maximum atomic E-state index is 6.23. The second-order valence-corrected chi connectivity index (χ2v) is 9.49. The highest BCUT2D eigenvalue weighted by Crippen LogP contribution is 2.36. The quantitative estimate of drug-likeness (QED) is 0.587. The molecule has 3 heterocycles. The van der Waals surface area contributed by atoms with Crippen LogP contribution in [0.1, 0.15) is 41.0 Å². The summed E-state index contributed by atoms with van der Waals surface area (Å²) in [6.45, 7) is 11.3. The molecule has 0 saturated carbocycles. The van der Waals surface area contributed by atoms with Gasteiger partial charge in [0.2, 0.25) is 0 Å². The molecule has 0 radical (unpaired) electrons. The molecule has 0 bridgehead atoms. The molecule has 0 aromatic carbocycles. The normalized spacial score (nSPS) is 12.8. The van der Waals surface area contributed by atoms with Crippen LogP contribution in [0.15, 0.2) is 35.8 Å². The number of hydrogen-bond acceptors (Lipinski definition) is 3. The fourth-order valence-electron chi connectivity index (χ4n) is 3.41. The van der Waals surface area contributed by atoms with Gasteiger partial charge in [0, 0.05) is 11.7 Å². The number of rotatable bonds is 4. The minimum Gasteiger partial charge on any atom is -0.364 e. The van der Waals surface area contributed by atoms with Crippen LogP contribution in [0.25, 0.3) is 16.2 Å². The van der Waals surface area contributed by atoms with Crippen molar-refractivity contribution in [2.75, 3.05) is 5.32 Å². The van der Waals surface area contributed by atoms with Gasteiger partial charge in [-0.3, -0.25) is 4.40 Å². The molecule has 3 rings (SSSR count). The molecule has 0 spiro atoms. The van der Waals surface area contributed by atoms with Gasteiger partial charge in [0.1, 0.15) is 17.2 Å². The highest BCUT2D eigenvalue weighted by atomic mass is 35.5. The zero-order valence-electron chi connectivity index (χ0n) is 14.9. The van der Waals surface area contributed by atoms with Crippen molar-refractivity contribution in [2.45, 2.75) is 46.6 Å². The molecule has 0 aliphatic heterocycles. The van der Waals surface area contributed by atoms with Crippen molar-refractivity contribution in [3.05, 3.63) is 40.9 Å². The van der Waals surface area contributed by atoms with Crippen molar-refractivity contribution in [2.24, 2.45) is 5.41 Å². The van der Waals surface area contributed by atoms with E-state index in [0.29, 0.717) is 5.02 Å². The van der Waals surface area contributed by atoms with Crippen LogP contribution in [-0.4, -0.2) is 14.9 Å². The van der Waals surface area contributed by atoms with Gasteiger partial charge in [0.15, 0.2) is 0 Å². The lowest BCUT2D eigenvalue weighted by Gasteiger charge is -2.34. The monoisotopic (exact) mass is 361 g/mol. The van der Waals surface area contributed by atoms with Crippen molar-refractivity contribution >= 4 is 34.4 Å². The molecule has 1 N–H and O–H groups in total. The molecule has 0 saturated heterocycles. The summed E-state index contributed by atoms with van der Waals surface area (Å²) in [7, 11) is 0. The number of thiophene rings is 1. The predicted molar refractivity (Wildman–Crippen MR) is 105 cm³/mol. The lowest BCUT2D eigenvalue weighted by atomic mass is 9.82. The van der Waals surface area contributed by atoms with Gasteiger partial charge in [-0.25, -0.2) is 4.98 Å². The van der Waals surface area contributed by atoms with E-state index in [2.05, 4.69) is 61.8 Å². The SMILES string of the molecule is CC(C)(C)CC(C)(C)Nc1c(-c2cccs2)nc2ccc(Cl)cn12. The third-order valence-corrected chi connectivity index (χ3v) is 4.87. The Balaban J connectivity index is 2.11. The molecule has 0 aliphatic rings. The molecule has 128 valence electrons. The summed E-state index contributed by atoms with van der Waals surface area (Å²) in [6, 6.07) is 8.00. The molecule has 0 amide bonds. The van der Waals surface area contributed by atoms with Crippen molar-refractivity contribution < 1.29 is 0 Å². The van der Waals surface area contributed by atoms with Gasteiger partial charge in [0.25, 0.3) is 0 Å². The average Bonchev–Trinajstić information content (AvgIpc) is 3.04. The Hall–Kier alpha value is -1.52. The molecule has 24 heavy (non-hydrogen) atoms. The standard InChI is InChI=1S/C19H24ClN3S/c1-18(2,3)12-19(4,5)22-17-16(14-7-6-10-24-14)21-15-9-8-13(20)11-23(15)17/h6-11,22H,12H2,1-5H3. The number of aromatic nitrogens is 2. The fourth-order valence-corrected chi connectivity index (χ4v) is 4.29. The van der Waals surface area contributed by atoms with Gasteiger partial charge < -0.3 is 5.32 Å². The molecular weight excluding hydrogens is 338 g/mol. The third kappa shape index (κ3) is 3.76. The summed E-state index contributed by atoms with van der Waals surface area (Å²) in [5.41, 5.74) is 2.05. The third-order valence-electron chi connectivity index (χ3n) is 3.77. The van der Waals surface area contributed by atoms with Crippen LogP contribution in [0.5, 0.6) is 0 Å². The van der Waals surface area contributed by atoms with Crippen LogP contribution in [0.4, 0.5) is 5.82 Å². The lowest BCUT2D eigenvalue weighted by Crippen LogP contribution is -2.36. The molecule has 5 heteroatoms. The van der Waals surface area contributed by atoms with Crippen LogP contribution in [0.2, 0.25) is 5.02 Å². The van der Waals surface area contributed by atoms with E-state index in [4.69, 9.17) is 16.6 Å². The number of fused-ring (bicyclic) bond motifs is 1. The number of imidazole rings is 1. The van der Waals surface area contributed by atoms with Gasteiger partial charge in [-0.2, -0.15) is 0 Å². The lowest BCUT2D eigenvalue weighted by molar-refractivity contribution is 0.302. The van der Waals surface area contributed by atoms with Crippen LogP contribution in [0, 0.1) is 5.41 Å². The number of nitrogens with zero attached hydrogens (tertiary/aromatic N) is 2. The van der Waals surface area contributed by atoms with E-state index in [9.17, 15) is 0 Å². The summed E-state index contributed by atoms with van der Waals surface area (Å²) >= 11 is 7.93. The van der Waals surface area contributed by atoms with E-state index in [1.54, 1.807) is 11.3 Å². The van der Waals surface area contributed by atoms with Crippen molar-refractivity contribution in [1.29, 1.82) is 0 Å². The first-order chi connectivity index (χ1) is 11.1. The van der Waals surface area contributed by atoms with E-state index in [1.165, 1.54) is 0 Å². The molecule has 0 fully saturated rings. The zero-order valence-corrected chi connectivity index (χ0v) is 16.4. The van der Waals surface area contributed by atoms with Crippen LogP contribution >= 0.6 is 22.9 Å². The predicted octanol–water partition coefficient (Wildman–Crippen LogP) is 6.34. The maximum Gasteiger partial charge on any atom is 0.140 e. The van der Waals surface area contributed by atoms with Gasteiger partial charge >= 0.3 is 0 Å². The Morgan fingerprint density at radius 3 is 2.54 bits per heavy atom. The van der Waals surface area contributed by atoms with Gasteiger partial charge in [-0.15, -0.1) is 11.3 Å². The smallest absolute Gasteiger partial charge is 0.140 e. The number of pyridine rings is 1. The maximum absolute atomic E-state index is 6.23. The first kappa shape index (κ1) is 17.3. The fraction of sp³-hybridized carbons (Fsp3) is 0.421. The van der Waals surface area contributed by atoms with Gasteiger partial charge in [-0.1, -0.05) is 38.4 Å². The Morgan fingerprint density at radius 2 is 1.92 bits per heavy atom. The molecular formula is C19H24ClN3S. The zero-order chi connectivity index (χ0) is 17.5. The average molecular weight is 362 g/mol. The van der Waals surface area contributed by atoms with E-state index < -0.39 is 0 Å². The Morgan fingerprint density at radius 1 is 1.17 bits per heavy atom. The highest BCUT2D eigenvalue weighted by Gasteiger charge is 2.28. The molecule has 0 unspecified atom stereocenters. The highest BCUT2D eigenvalue weighted by molar-refractivity contribution is 7.13. The molecule has 0 atom stereocenters. The van der Waals surface area contributed by atoms with Gasteiger partial charge in [-0.05, 0) is 49.3 Å². The van der Waals surface area contributed by atoms with Crippen molar-refractivity contribution in [3.8, 4) is 10.6 Å². The van der Waals surface area contributed by atoms with Crippen LogP contribution in [-0.2, 0) is 0 Å². The van der Waals surface area contributed by atoms with Gasteiger partial charge in [0.05, 0.1) is 9.90 Å². The first-order valence-corrected chi connectivity index (χ1v) is 9.40. The molecule has 0 aliphatic carbocycles. The summed E-state index contributed by atoms with van der Waals surface area (Å²) in [5, 5.41) is 6.51. The molecule has 3 aromatic heterocycles. The minimum atomic E-state index is -0.0669. The number of anilines is 1. The first-order valence-electron chi connectivity index (χ1n) is 8.14. The largest absolute Gasteiger partial charge is 0.364 e. The minimum absolute atomic E-state index is 0.0669. The second kappa shape index (κ2) is 6.08. The molecule has 3 aromatic rings. The number of hydrogen-bond donors (Lipinski definition) is 1. The molecule has 3 nitrogen and oxygen atoms in total. The Labute approximate surface area is 152 Å². The Kier molecular flexibility index (Phi) is 4.39. The van der Waals surface area contributed by atoms with E-state index in [-0.39, 0.29) is 11.0 Å². The topological polar surface area (TPSA) is 29.3 Å². The summed E-state index contributed by atoms with van der Waals surface area (Å²) < 4.78 is 2.06. The van der Waals surface area contributed by atoms with E-state index >= 15 is 0 Å². The summed E-state index contributed by atoms with van der Waals surface area (Å²) in [6.07, 6.45) is 2.97.